The maximum absolute atomic E-state index is 13.5. The Kier molecular flexibility index (Phi) is 5.02. The van der Waals surface area contributed by atoms with Gasteiger partial charge in [0.15, 0.2) is 0 Å². The Morgan fingerprint density at radius 1 is 1.24 bits per heavy atom. The van der Waals surface area contributed by atoms with Crippen LogP contribution in [0.5, 0.6) is 0 Å². The summed E-state index contributed by atoms with van der Waals surface area (Å²) < 4.78 is 6.90. The van der Waals surface area contributed by atoms with E-state index in [9.17, 15) is 9.59 Å². The molecule has 8 heteroatoms. The van der Waals surface area contributed by atoms with Crippen LogP contribution in [0, 0.1) is 6.92 Å². The van der Waals surface area contributed by atoms with Crippen LogP contribution in [0.1, 0.15) is 33.9 Å². The topological polar surface area (TPSA) is 85.3 Å². The summed E-state index contributed by atoms with van der Waals surface area (Å²) in [5.74, 6) is -0.292. The van der Waals surface area contributed by atoms with Gasteiger partial charge in [0.1, 0.15) is 16.4 Å². The van der Waals surface area contributed by atoms with Crippen molar-refractivity contribution in [3.63, 3.8) is 0 Å². The van der Waals surface area contributed by atoms with Crippen molar-refractivity contribution in [3.05, 3.63) is 74.0 Å². The number of hydrogen-bond donors (Lipinski definition) is 1. The molecule has 0 aliphatic heterocycles. The molecule has 0 spiro atoms. The van der Waals surface area contributed by atoms with Crippen LogP contribution in [0.25, 0.3) is 21.3 Å². The van der Waals surface area contributed by atoms with E-state index < -0.39 is 5.97 Å². The molecule has 4 rings (SSSR count). The van der Waals surface area contributed by atoms with Crippen LogP contribution in [-0.2, 0) is 13.0 Å². The second kappa shape index (κ2) is 7.50. The van der Waals surface area contributed by atoms with Crippen molar-refractivity contribution in [1.82, 2.24) is 9.55 Å². The molecule has 0 aliphatic carbocycles. The number of benzene rings is 1. The van der Waals surface area contributed by atoms with Crippen molar-refractivity contribution >= 4 is 39.1 Å². The Morgan fingerprint density at radius 2 is 1.97 bits per heavy atom. The van der Waals surface area contributed by atoms with Gasteiger partial charge in [-0.1, -0.05) is 30.7 Å². The molecule has 0 aliphatic rings. The summed E-state index contributed by atoms with van der Waals surface area (Å²) in [7, 11) is 0. The molecule has 148 valence electrons. The maximum Gasteiger partial charge on any atom is 0.371 e. The lowest BCUT2D eigenvalue weighted by Crippen LogP contribution is -2.25. The standard InChI is InChI=1S/C21H17ClN2O4S/c1-3-16-23-19-18(17(11(2)29-19)12-4-6-13(22)7-5-12)20(25)24(16)10-14-8-9-15(28-14)21(26)27/h4-9H,3,10H2,1-2H3,(H,26,27). The number of aromatic nitrogens is 2. The first kappa shape index (κ1) is 19.4. The summed E-state index contributed by atoms with van der Waals surface area (Å²) in [5.41, 5.74) is 1.58. The Labute approximate surface area is 175 Å². The van der Waals surface area contributed by atoms with Crippen molar-refractivity contribution in [2.24, 2.45) is 0 Å². The van der Waals surface area contributed by atoms with Gasteiger partial charge in [0.05, 0.1) is 11.9 Å². The van der Waals surface area contributed by atoms with E-state index in [1.165, 1.54) is 17.4 Å². The normalized spacial score (nSPS) is 11.3. The number of furan rings is 1. The van der Waals surface area contributed by atoms with E-state index in [2.05, 4.69) is 0 Å². The van der Waals surface area contributed by atoms with Gasteiger partial charge in [0.25, 0.3) is 5.56 Å². The Hall–Kier alpha value is -2.90. The minimum Gasteiger partial charge on any atom is -0.475 e. The Morgan fingerprint density at radius 3 is 2.59 bits per heavy atom. The summed E-state index contributed by atoms with van der Waals surface area (Å²) in [4.78, 5) is 31.0. The van der Waals surface area contributed by atoms with E-state index in [1.54, 1.807) is 22.8 Å². The third-order valence-electron chi connectivity index (χ3n) is 4.70. The summed E-state index contributed by atoms with van der Waals surface area (Å²) in [6.45, 7) is 4.01. The second-order valence-corrected chi connectivity index (χ2v) is 8.20. The van der Waals surface area contributed by atoms with E-state index in [-0.39, 0.29) is 17.9 Å². The highest BCUT2D eigenvalue weighted by atomic mass is 35.5. The van der Waals surface area contributed by atoms with E-state index in [0.717, 1.165) is 16.0 Å². The average molecular weight is 429 g/mol. The summed E-state index contributed by atoms with van der Waals surface area (Å²) in [6, 6.07) is 10.3. The lowest BCUT2D eigenvalue weighted by atomic mass is 10.0. The number of halogens is 1. The van der Waals surface area contributed by atoms with Gasteiger partial charge in [-0.25, -0.2) is 9.78 Å². The number of thiophene rings is 1. The highest BCUT2D eigenvalue weighted by molar-refractivity contribution is 7.19. The molecular weight excluding hydrogens is 412 g/mol. The van der Waals surface area contributed by atoms with Crippen LogP contribution < -0.4 is 5.56 Å². The second-order valence-electron chi connectivity index (χ2n) is 6.56. The molecule has 0 amide bonds. The van der Waals surface area contributed by atoms with E-state index in [1.807, 2.05) is 26.0 Å². The molecule has 1 aromatic carbocycles. The van der Waals surface area contributed by atoms with E-state index in [4.69, 9.17) is 26.1 Å². The summed E-state index contributed by atoms with van der Waals surface area (Å²) in [6.07, 6.45) is 0.560. The summed E-state index contributed by atoms with van der Waals surface area (Å²) in [5, 5.41) is 10.2. The van der Waals surface area contributed by atoms with Gasteiger partial charge in [0, 0.05) is 21.9 Å². The zero-order valence-corrected chi connectivity index (χ0v) is 17.3. The Bertz CT molecular complexity index is 1280. The molecule has 0 radical (unpaired) electrons. The molecule has 0 bridgehead atoms. The van der Waals surface area contributed by atoms with Crippen molar-refractivity contribution in [2.75, 3.05) is 0 Å². The number of hydrogen-bond acceptors (Lipinski definition) is 5. The fourth-order valence-electron chi connectivity index (χ4n) is 3.37. The van der Waals surface area contributed by atoms with Crippen molar-refractivity contribution < 1.29 is 14.3 Å². The molecule has 0 saturated heterocycles. The highest BCUT2D eigenvalue weighted by Crippen LogP contribution is 2.36. The quantitative estimate of drug-likeness (QED) is 0.484. The number of carbonyl (C=O) groups is 1. The van der Waals surface area contributed by atoms with Gasteiger partial charge in [0.2, 0.25) is 5.76 Å². The van der Waals surface area contributed by atoms with Crippen LogP contribution in [-0.4, -0.2) is 20.6 Å². The number of rotatable bonds is 5. The van der Waals surface area contributed by atoms with Gasteiger partial charge in [-0.15, -0.1) is 11.3 Å². The third kappa shape index (κ3) is 3.47. The molecule has 3 aromatic heterocycles. The monoisotopic (exact) mass is 428 g/mol. The van der Waals surface area contributed by atoms with Crippen LogP contribution in [0.3, 0.4) is 0 Å². The number of nitrogens with zero attached hydrogens (tertiary/aromatic N) is 2. The number of aryl methyl sites for hydroxylation is 2. The lowest BCUT2D eigenvalue weighted by Gasteiger charge is -2.10. The first-order valence-electron chi connectivity index (χ1n) is 8.99. The molecule has 0 unspecified atom stereocenters. The van der Waals surface area contributed by atoms with Crippen molar-refractivity contribution in [2.45, 2.75) is 26.8 Å². The van der Waals surface area contributed by atoms with Crippen molar-refractivity contribution in [3.8, 4) is 11.1 Å². The van der Waals surface area contributed by atoms with Crippen LogP contribution in [0.2, 0.25) is 5.02 Å². The molecule has 29 heavy (non-hydrogen) atoms. The summed E-state index contributed by atoms with van der Waals surface area (Å²) >= 11 is 7.50. The first-order chi connectivity index (χ1) is 13.9. The third-order valence-corrected chi connectivity index (χ3v) is 5.95. The first-order valence-corrected chi connectivity index (χ1v) is 10.2. The Balaban J connectivity index is 1.91. The largest absolute Gasteiger partial charge is 0.475 e. The SMILES string of the molecule is CCc1nc2sc(C)c(-c3ccc(Cl)cc3)c2c(=O)n1Cc1ccc(C(=O)O)o1. The maximum atomic E-state index is 13.5. The predicted molar refractivity (Wildman–Crippen MR) is 113 cm³/mol. The van der Waals surface area contributed by atoms with Gasteiger partial charge in [-0.2, -0.15) is 0 Å². The van der Waals surface area contributed by atoms with Gasteiger partial charge < -0.3 is 9.52 Å². The molecular formula is C21H17ClN2O4S. The fraction of sp³-hybridized carbons (Fsp3) is 0.190. The van der Waals surface area contributed by atoms with Crippen LogP contribution in [0.4, 0.5) is 0 Å². The predicted octanol–water partition coefficient (Wildman–Crippen LogP) is 4.99. The highest BCUT2D eigenvalue weighted by Gasteiger charge is 2.20. The smallest absolute Gasteiger partial charge is 0.371 e. The molecule has 3 heterocycles. The minimum atomic E-state index is -1.15. The van der Waals surface area contributed by atoms with Gasteiger partial charge >= 0.3 is 5.97 Å². The van der Waals surface area contributed by atoms with Gasteiger partial charge in [-0.3, -0.25) is 9.36 Å². The van der Waals surface area contributed by atoms with E-state index in [0.29, 0.717) is 33.2 Å². The van der Waals surface area contributed by atoms with Crippen LogP contribution >= 0.6 is 22.9 Å². The zero-order chi connectivity index (χ0) is 20.7. The van der Waals surface area contributed by atoms with Crippen LogP contribution in [0.15, 0.2) is 45.6 Å². The molecule has 4 aromatic rings. The fourth-order valence-corrected chi connectivity index (χ4v) is 4.55. The molecule has 6 nitrogen and oxygen atoms in total. The number of fused-ring (bicyclic) bond motifs is 1. The van der Waals surface area contributed by atoms with Crippen molar-refractivity contribution in [1.29, 1.82) is 0 Å². The molecule has 0 atom stereocenters. The van der Waals surface area contributed by atoms with E-state index >= 15 is 0 Å². The molecule has 0 fully saturated rings. The number of carboxylic acid groups (broad SMARTS) is 1. The number of carboxylic acids is 1. The molecule has 0 saturated carbocycles. The average Bonchev–Trinajstić information content (AvgIpc) is 3.29. The minimum absolute atomic E-state index is 0.118. The lowest BCUT2D eigenvalue weighted by molar-refractivity contribution is 0.0660. The number of aromatic carboxylic acids is 1. The van der Waals surface area contributed by atoms with Gasteiger partial charge in [-0.05, 0) is 36.8 Å². The molecule has 1 N–H and O–H groups in total. The zero-order valence-electron chi connectivity index (χ0n) is 15.7.